The van der Waals surface area contributed by atoms with Gasteiger partial charge in [-0.2, -0.15) is 0 Å². The molecule has 0 N–H and O–H groups in total. The predicted molar refractivity (Wildman–Crippen MR) is 73.7 cm³/mol. The highest BCUT2D eigenvalue weighted by atomic mass is 16.2. The molecule has 3 aliphatic heterocycles. The normalized spacial score (nSPS) is 35.1. The molecule has 3 aliphatic rings. The molecule has 0 radical (unpaired) electrons. The van der Waals surface area contributed by atoms with Gasteiger partial charge in [0.1, 0.15) is 0 Å². The molecule has 0 aromatic heterocycles. The van der Waals surface area contributed by atoms with E-state index in [0.717, 1.165) is 0 Å². The van der Waals surface area contributed by atoms with Gasteiger partial charge in [0.2, 0.25) is 11.8 Å². The highest BCUT2D eigenvalue weighted by molar-refractivity contribution is 6.06. The first-order valence-electron chi connectivity index (χ1n) is 7.21. The molecular formula is C16H18N2O2. The number of nitrogens with zero attached hydrogens (tertiary/aromatic N) is 2. The van der Waals surface area contributed by atoms with Crippen molar-refractivity contribution in [3.63, 3.8) is 0 Å². The van der Waals surface area contributed by atoms with Crippen LogP contribution < -0.4 is 0 Å². The number of likely N-dealkylation sites (tertiary alicyclic amines) is 1. The Kier molecular flexibility index (Phi) is 2.24. The van der Waals surface area contributed by atoms with Crippen molar-refractivity contribution in [2.75, 3.05) is 7.05 Å². The summed E-state index contributed by atoms with van der Waals surface area (Å²) in [6, 6.07) is 8.75. The fourth-order valence-electron chi connectivity index (χ4n) is 4.47. The highest BCUT2D eigenvalue weighted by Crippen LogP contribution is 2.62. The number of carbonyl (C=O) groups is 2. The van der Waals surface area contributed by atoms with Gasteiger partial charge in [-0.15, -0.1) is 0 Å². The van der Waals surface area contributed by atoms with Crippen LogP contribution in [-0.4, -0.2) is 34.7 Å². The van der Waals surface area contributed by atoms with Crippen molar-refractivity contribution in [3.8, 4) is 0 Å². The molecule has 2 fully saturated rings. The van der Waals surface area contributed by atoms with Crippen molar-refractivity contribution in [3.05, 3.63) is 35.4 Å². The summed E-state index contributed by atoms with van der Waals surface area (Å²) in [4.78, 5) is 28.6. The predicted octanol–water partition coefficient (Wildman–Crippen LogP) is 1.74. The molecule has 2 saturated heterocycles. The molecule has 0 unspecified atom stereocenters. The van der Waals surface area contributed by atoms with Gasteiger partial charge in [0.25, 0.3) is 0 Å². The molecule has 4 heteroatoms. The van der Waals surface area contributed by atoms with E-state index in [-0.39, 0.29) is 35.7 Å². The standard InChI is InChI=1S/C16H18N2O2/c1-8(2)18-13-9-6-4-5-7-10(9)14(18)12-11(13)15(19)17(3)16(12)20/h4-8,11-14H,1-3H3/t11-,12+,13-,14+. The van der Waals surface area contributed by atoms with Crippen LogP contribution in [0.15, 0.2) is 24.3 Å². The quantitative estimate of drug-likeness (QED) is 0.730. The van der Waals surface area contributed by atoms with Crippen molar-refractivity contribution in [2.45, 2.75) is 32.0 Å². The molecule has 0 aliphatic carbocycles. The molecule has 3 heterocycles. The SMILES string of the molecule is CC(C)N1[C@@H]2c3ccccc3[C@H]1[C@H]1C(=O)N(C)C(=O)[C@H]12. The highest BCUT2D eigenvalue weighted by Gasteiger charge is 2.66. The second-order valence-electron chi connectivity index (χ2n) is 6.35. The van der Waals surface area contributed by atoms with E-state index in [1.165, 1.54) is 16.0 Å². The van der Waals surface area contributed by atoms with Crippen molar-refractivity contribution in [1.82, 2.24) is 9.80 Å². The number of hydrogen-bond donors (Lipinski definition) is 0. The van der Waals surface area contributed by atoms with Gasteiger partial charge in [-0.25, -0.2) is 0 Å². The average molecular weight is 270 g/mol. The number of fused-ring (bicyclic) bond motifs is 8. The van der Waals surface area contributed by atoms with Crippen LogP contribution in [0.25, 0.3) is 0 Å². The summed E-state index contributed by atoms with van der Waals surface area (Å²) in [5.74, 6) is -0.384. The van der Waals surface area contributed by atoms with Crippen LogP contribution in [0.2, 0.25) is 0 Å². The maximum absolute atomic E-state index is 12.4. The van der Waals surface area contributed by atoms with Crippen molar-refractivity contribution < 1.29 is 9.59 Å². The Balaban J connectivity index is 1.92. The van der Waals surface area contributed by atoms with Crippen molar-refractivity contribution in [1.29, 1.82) is 0 Å². The Morgan fingerprint density at radius 3 is 1.80 bits per heavy atom. The first kappa shape index (κ1) is 12.1. The largest absolute Gasteiger partial charge is 0.285 e. The first-order chi connectivity index (χ1) is 9.54. The first-order valence-corrected chi connectivity index (χ1v) is 7.21. The van der Waals surface area contributed by atoms with Gasteiger partial charge in [-0.3, -0.25) is 19.4 Å². The lowest BCUT2D eigenvalue weighted by molar-refractivity contribution is -0.140. The Morgan fingerprint density at radius 2 is 1.40 bits per heavy atom. The van der Waals surface area contributed by atoms with E-state index in [4.69, 9.17) is 0 Å². The van der Waals surface area contributed by atoms with Crippen molar-refractivity contribution >= 4 is 11.8 Å². The molecule has 4 nitrogen and oxygen atoms in total. The molecule has 2 amide bonds. The summed E-state index contributed by atoms with van der Waals surface area (Å²) >= 11 is 0. The van der Waals surface area contributed by atoms with E-state index in [1.807, 2.05) is 12.1 Å². The lowest BCUT2D eigenvalue weighted by atomic mass is 9.77. The second kappa shape index (κ2) is 3.70. The maximum atomic E-state index is 12.4. The van der Waals surface area contributed by atoms with E-state index in [9.17, 15) is 9.59 Å². The molecule has 4 rings (SSSR count). The fraction of sp³-hybridized carbons (Fsp3) is 0.500. The van der Waals surface area contributed by atoms with Crippen LogP contribution in [0.1, 0.15) is 37.1 Å². The number of amides is 2. The van der Waals surface area contributed by atoms with Crippen LogP contribution in [0.4, 0.5) is 0 Å². The Hall–Kier alpha value is -1.68. The summed E-state index contributed by atoms with van der Waals surface area (Å²) in [6.07, 6.45) is 0. The van der Waals surface area contributed by atoms with Gasteiger partial charge in [0, 0.05) is 25.2 Å². The molecule has 20 heavy (non-hydrogen) atoms. The minimum Gasteiger partial charge on any atom is -0.285 e. The Bertz CT molecular complexity index is 576. The van der Waals surface area contributed by atoms with E-state index in [2.05, 4.69) is 30.9 Å². The van der Waals surface area contributed by atoms with Gasteiger partial charge >= 0.3 is 0 Å². The number of carbonyl (C=O) groups excluding carboxylic acids is 2. The molecule has 1 aromatic carbocycles. The van der Waals surface area contributed by atoms with Gasteiger partial charge in [0.05, 0.1) is 11.8 Å². The van der Waals surface area contributed by atoms with Gasteiger partial charge in [-0.1, -0.05) is 24.3 Å². The van der Waals surface area contributed by atoms with Crippen LogP contribution in [0.5, 0.6) is 0 Å². The van der Waals surface area contributed by atoms with E-state index in [1.54, 1.807) is 7.05 Å². The smallest absolute Gasteiger partial charge is 0.234 e. The topological polar surface area (TPSA) is 40.6 Å². The minimum absolute atomic E-state index is 0.00680. The van der Waals surface area contributed by atoms with Crippen LogP contribution in [0, 0.1) is 11.8 Å². The molecule has 4 atom stereocenters. The third-order valence-corrected chi connectivity index (χ3v) is 5.17. The van der Waals surface area contributed by atoms with Crippen molar-refractivity contribution in [2.24, 2.45) is 11.8 Å². The monoisotopic (exact) mass is 270 g/mol. The third kappa shape index (κ3) is 1.17. The summed E-state index contributed by atoms with van der Waals surface area (Å²) in [7, 11) is 1.62. The van der Waals surface area contributed by atoms with Gasteiger partial charge < -0.3 is 0 Å². The summed E-state index contributed by atoms with van der Waals surface area (Å²) in [6.45, 7) is 4.29. The fourth-order valence-corrected chi connectivity index (χ4v) is 4.47. The van der Waals surface area contributed by atoms with Gasteiger partial charge in [-0.05, 0) is 25.0 Å². The zero-order valence-electron chi connectivity index (χ0n) is 11.9. The molecule has 1 aromatic rings. The van der Waals surface area contributed by atoms with Crippen LogP contribution >= 0.6 is 0 Å². The maximum Gasteiger partial charge on any atom is 0.234 e. The molecule has 104 valence electrons. The lowest BCUT2D eigenvalue weighted by Gasteiger charge is -2.29. The van der Waals surface area contributed by atoms with Crippen LogP contribution in [-0.2, 0) is 9.59 Å². The van der Waals surface area contributed by atoms with E-state index in [0.29, 0.717) is 6.04 Å². The summed E-state index contributed by atoms with van der Waals surface area (Å²) in [5.41, 5.74) is 2.48. The van der Waals surface area contributed by atoms with E-state index >= 15 is 0 Å². The lowest BCUT2D eigenvalue weighted by Crippen LogP contribution is -2.36. The minimum atomic E-state index is -0.185. The Labute approximate surface area is 118 Å². The number of imide groups is 1. The number of hydrogen-bond acceptors (Lipinski definition) is 3. The average Bonchev–Trinajstić information content (AvgIpc) is 3.02. The number of rotatable bonds is 1. The number of benzene rings is 1. The zero-order valence-corrected chi connectivity index (χ0v) is 11.9. The molecule has 0 spiro atoms. The second-order valence-corrected chi connectivity index (χ2v) is 6.35. The molecular weight excluding hydrogens is 252 g/mol. The zero-order chi connectivity index (χ0) is 14.2. The van der Waals surface area contributed by atoms with Crippen LogP contribution in [0.3, 0.4) is 0 Å². The summed E-state index contributed by atoms with van der Waals surface area (Å²) < 4.78 is 0. The van der Waals surface area contributed by atoms with E-state index < -0.39 is 0 Å². The molecule has 0 saturated carbocycles. The summed E-state index contributed by atoms with van der Waals surface area (Å²) in [5, 5.41) is 0. The molecule has 2 bridgehead atoms. The third-order valence-electron chi connectivity index (χ3n) is 5.17. The van der Waals surface area contributed by atoms with Gasteiger partial charge in [0.15, 0.2) is 0 Å². The Morgan fingerprint density at radius 1 is 0.950 bits per heavy atom.